The molecule has 0 fully saturated rings. The Morgan fingerprint density at radius 2 is 1.85 bits per heavy atom. The zero-order chi connectivity index (χ0) is 18.4. The first kappa shape index (κ1) is 17.8. The van der Waals surface area contributed by atoms with Gasteiger partial charge in [0.25, 0.3) is 0 Å². The van der Waals surface area contributed by atoms with E-state index in [4.69, 9.17) is 0 Å². The average Bonchev–Trinajstić information content (AvgIpc) is 3.08. The minimum absolute atomic E-state index is 0.130. The maximum Gasteiger partial charge on any atom is 0.226 e. The Bertz CT molecular complexity index is 970. The molecule has 0 saturated carbocycles. The maximum absolute atomic E-state index is 12.2. The molecule has 1 amide bonds. The number of rotatable bonds is 7. The van der Waals surface area contributed by atoms with Crippen LogP contribution in [0.15, 0.2) is 72.0 Å². The topological polar surface area (TPSA) is 94.0 Å². The van der Waals surface area contributed by atoms with Crippen molar-refractivity contribution in [1.29, 1.82) is 0 Å². The Morgan fingerprint density at radius 3 is 2.58 bits per heavy atom. The van der Waals surface area contributed by atoms with E-state index in [0.717, 1.165) is 5.56 Å². The highest BCUT2D eigenvalue weighted by molar-refractivity contribution is 7.91. The molecule has 0 saturated heterocycles. The first-order valence-electron chi connectivity index (χ1n) is 8.03. The Kier molecular flexibility index (Phi) is 5.43. The van der Waals surface area contributed by atoms with E-state index in [9.17, 15) is 13.2 Å². The van der Waals surface area contributed by atoms with Crippen LogP contribution in [-0.4, -0.2) is 34.8 Å². The van der Waals surface area contributed by atoms with Crippen LogP contribution < -0.4 is 5.32 Å². The lowest BCUT2D eigenvalue weighted by Gasteiger charge is -2.09. The second-order valence-corrected chi connectivity index (χ2v) is 7.77. The zero-order valence-electron chi connectivity index (χ0n) is 13.9. The summed E-state index contributed by atoms with van der Waals surface area (Å²) in [6.45, 7) is 0.457. The van der Waals surface area contributed by atoms with Gasteiger partial charge in [0, 0.05) is 24.9 Å². The predicted molar refractivity (Wildman–Crippen MR) is 97.3 cm³/mol. The molecule has 1 aromatic carbocycles. The van der Waals surface area contributed by atoms with Crippen LogP contribution in [0.3, 0.4) is 0 Å². The molecule has 0 unspecified atom stereocenters. The second-order valence-electron chi connectivity index (χ2n) is 5.67. The van der Waals surface area contributed by atoms with Gasteiger partial charge in [0.2, 0.25) is 5.91 Å². The first-order chi connectivity index (χ1) is 12.5. The van der Waals surface area contributed by atoms with Crippen LogP contribution in [0.5, 0.6) is 0 Å². The predicted octanol–water partition coefficient (Wildman–Crippen LogP) is 2.13. The summed E-state index contributed by atoms with van der Waals surface area (Å²) in [6.07, 6.45) is 4.85. The van der Waals surface area contributed by atoms with Crippen molar-refractivity contribution in [1.82, 2.24) is 14.8 Å². The molecule has 1 N–H and O–H groups in total. The summed E-state index contributed by atoms with van der Waals surface area (Å²) in [4.78, 5) is 16.4. The highest BCUT2D eigenvalue weighted by atomic mass is 32.2. The second kappa shape index (κ2) is 7.92. The van der Waals surface area contributed by atoms with Crippen LogP contribution in [0.25, 0.3) is 0 Å². The number of carbonyl (C=O) groups is 1. The average molecular weight is 370 g/mol. The lowest BCUT2D eigenvalue weighted by molar-refractivity contribution is -0.115. The Morgan fingerprint density at radius 1 is 1.04 bits per heavy atom. The molecule has 26 heavy (non-hydrogen) atoms. The van der Waals surface area contributed by atoms with E-state index in [-0.39, 0.29) is 23.0 Å². The molecule has 7 nitrogen and oxygen atoms in total. The van der Waals surface area contributed by atoms with Crippen molar-refractivity contribution in [3.63, 3.8) is 0 Å². The molecule has 2 aromatic heterocycles. The molecule has 3 rings (SSSR count). The number of sulfone groups is 1. The van der Waals surface area contributed by atoms with Crippen molar-refractivity contribution in [3.8, 4) is 0 Å². The highest BCUT2D eigenvalue weighted by Gasteiger charge is 2.17. The number of aromatic nitrogens is 3. The number of pyridine rings is 1. The summed E-state index contributed by atoms with van der Waals surface area (Å²) in [6, 6.07) is 13.5. The van der Waals surface area contributed by atoms with Crippen LogP contribution in [0, 0.1) is 0 Å². The summed E-state index contributed by atoms with van der Waals surface area (Å²) >= 11 is 0. The Labute approximate surface area is 151 Å². The van der Waals surface area contributed by atoms with Gasteiger partial charge in [0.05, 0.1) is 23.4 Å². The van der Waals surface area contributed by atoms with Crippen molar-refractivity contribution in [2.45, 2.75) is 17.9 Å². The first-order valence-corrected chi connectivity index (χ1v) is 9.68. The summed E-state index contributed by atoms with van der Waals surface area (Å²) in [5.41, 5.74) is 0.943. The molecule has 0 atom stereocenters. The quantitative estimate of drug-likeness (QED) is 0.688. The van der Waals surface area contributed by atoms with Crippen LogP contribution >= 0.6 is 0 Å². The van der Waals surface area contributed by atoms with Crippen molar-refractivity contribution < 1.29 is 13.2 Å². The van der Waals surface area contributed by atoms with Gasteiger partial charge in [0.15, 0.2) is 9.84 Å². The van der Waals surface area contributed by atoms with E-state index >= 15 is 0 Å². The van der Waals surface area contributed by atoms with Crippen molar-refractivity contribution in [3.05, 3.63) is 72.7 Å². The van der Waals surface area contributed by atoms with E-state index in [1.165, 1.54) is 12.1 Å². The molecule has 3 aromatic rings. The van der Waals surface area contributed by atoms with Gasteiger partial charge in [-0.1, -0.05) is 24.3 Å². The molecule has 0 radical (unpaired) electrons. The van der Waals surface area contributed by atoms with Gasteiger partial charge in [0.1, 0.15) is 5.82 Å². The largest absolute Gasteiger partial charge is 0.311 e. The molecule has 0 aliphatic carbocycles. The number of carbonyl (C=O) groups excluding carboxylic acids is 1. The van der Waals surface area contributed by atoms with Crippen LogP contribution in [0.2, 0.25) is 0 Å². The SMILES string of the molecule is O=C(CCS(=O)(=O)c1ccccc1)Nc1ccnn1Cc1cccnc1. The summed E-state index contributed by atoms with van der Waals surface area (Å²) < 4.78 is 26.1. The lowest BCUT2D eigenvalue weighted by atomic mass is 10.3. The number of nitrogens with one attached hydrogen (secondary N) is 1. The normalized spacial score (nSPS) is 11.2. The van der Waals surface area contributed by atoms with Gasteiger partial charge in [-0.2, -0.15) is 5.10 Å². The zero-order valence-corrected chi connectivity index (χ0v) is 14.8. The number of amides is 1. The molecule has 0 spiro atoms. The van der Waals surface area contributed by atoms with E-state index in [0.29, 0.717) is 12.4 Å². The van der Waals surface area contributed by atoms with Gasteiger partial charge < -0.3 is 5.32 Å². The van der Waals surface area contributed by atoms with Gasteiger partial charge >= 0.3 is 0 Å². The number of hydrogen-bond acceptors (Lipinski definition) is 5. The molecule has 0 aliphatic rings. The third-order valence-electron chi connectivity index (χ3n) is 3.74. The number of anilines is 1. The van der Waals surface area contributed by atoms with Gasteiger partial charge in [-0.05, 0) is 23.8 Å². The molecule has 2 heterocycles. The Balaban J connectivity index is 1.60. The van der Waals surface area contributed by atoms with Gasteiger partial charge in [-0.25, -0.2) is 13.1 Å². The van der Waals surface area contributed by atoms with Crippen molar-refractivity contribution in [2.75, 3.05) is 11.1 Å². The van der Waals surface area contributed by atoms with Gasteiger partial charge in [-0.3, -0.25) is 9.78 Å². The van der Waals surface area contributed by atoms with E-state index in [2.05, 4.69) is 15.4 Å². The summed E-state index contributed by atoms with van der Waals surface area (Å²) in [7, 11) is -3.48. The minimum atomic E-state index is -3.48. The molecule has 134 valence electrons. The lowest BCUT2D eigenvalue weighted by Crippen LogP contribution is -2.19. The van der Waals surface area contributed by atoms with Crippen molar-refractivity contribution >= 4 is 21.6 Å². The smallest absolute Gasteiger partial charge is 0.226 e. The minimum Gasteiger partial charge on any atom is -0.311 e. The van der Waals surface area contributed by atoms with Crippen molar-refractivity contribution in [2.24, 2.45) is 0 Å². The number of nitrogens with zero attached hydrogens (tertiary/aromatic N) is 3. The van der Waals surface area contributed by atoms with Crippen LogP contribution in [0.1, 0.15) is 12.0 Å². The fourth-order valence-corrected chi connectivity index (χ4v) is 3.67. The highest BCUT2D eigenvalue weighted by Crippen LogP contribution is 2.13. The molecule has 0 aliphatic heterocycles. The molecule has 0 bridgehead atoms. The van der Waals surface area contributed by atoms with Crippen LogP contribution in [0.4, 0.5) is 5.82 Å². The van der Waals surface area contributed by atoms with Crippen LogP contribution in [-0.2, 0) is 21.2 Å². The standard InChI is InChI=1S/C18H18N4O3S/c23-18(9-12-26(24,25)16-6-2-1-3-7-16)21-17-8-11-20-22(17)14-15-5-4-10-19-13-15/h1-8,10-11,13H,9,12,14H2,(H,21,23). The summed E-state index contributed by atoms with van der Waals surface area (Å²) in [5.74, 6) is -0.118. The third-order valence-corrected chi connectivity index (χ3v) is 5.47. The Hall–Kier alpha value is -3.00. The fraction of sp³-hybridized carbons (Fsp3) is 0.167. The van der Waals surface area contributed by atoms with Gasteiger partial charge in [-0.15, -0.1) is 0 Å². The van der Waals surface area contributed by atoms with E-state index in [1.807, 2.05) is 12.1 Å². The third kappa shape index (κ3) is 4.54. The monoisotopic (exact) mass is 370 g/mol. The number of hydrogen-bond donors (Lipinski definition) is 1. The summed E-state index contributed by atoms with van der Waals surface area (Å²) in [5, 5.41) is 6.89. The molecular weight excluding hydrogens is 352 g/mol. The van der Waals surface area contributed by atoms with E-state index in [1.54, 1.807) is 47.5 Å². The molecule has 8 heteroatoms. The maximum atomic E-state index is 12.2. The number of benzene rings is 1. The fourth-order valence-electron chi connectivity index (χ4n) is 2.41. The van der Waals surface area contributed by atoms with E-state index < -0.39 is 9.84 Å². The molecular formula is C18H18N4O3S.